The van der Waals surface area contributed by atoms with Crippen LogP contribution < -0.4 is 5.32 Å². The lowest BCUT2D eigenvalue weighted by molar-refractivity contribution is 0.0955. The van der Waals surface area contributed by atoms with Crippen molar-refractivity contribution in [3.05, 3.63) is 28.5 Å². The number of nitrogens with zero attached hydrogens (tertiary/aromatic N) is 1. The molecule has 0 unspecified atom stereocenters. The zero-order valence-electron chi connectivity index (χ0n) is 6.76. The number of pyridine rings is 1. The first kappa shape index (κ1) is 10.7. The van der Waals surface area contributed by atoms with Crippen LogP contribution in [-0.2, 0) is 0 Å². The molecule has 0 aromatic carbocycles. The third kappa shape index (κ3) is 3.08. The minimum Gasteiger partial charge on any atom is -0.351 e. The largest absolute Gasteiger partial charge is 0.351 e. The van der Waals surface area contributed by atoms with Crippen LogP contribution in [0.3, 0.4) is 0 Å². The first-order valence-electron chi connectivity index (χ1n) is 3.69. The van der Waals surface area contributed by atoms with Crippen molar-refractivity contribution >= 4 is 37.8 Å². The van der Waals surface area contributed by atoms with Crippen molar-refractivity contribution in [2.24, 2.45) is 0 Å². The van der Waals surface area contributed by atoms with E-state index in [1.165, 1.54) is 0 Å². The third-order valence-corrected chi connectivity index (χ3v) is 2.43. The maximum atomic E-state index is 11.4. The number of rotatable bonds is 3. The SMILES string of the molecule is O=C(NCCBr)c1ccncc1Br. The van der Waals surface area contributed by atoms with Gasteiger partial charge in [-0.2, -0.15) is 0 Å². The summed E-state index contributed by atoms with van der Waals surface area (Å²) in [5, 5.41) is 3.50. The van der Waals surface area contributed by atoms with Gasteiger partial charge in [-0.05, 0) is 22.0 Å². The lowest BCUT2D eigenvalue weighted by Gasteiger charge is -2.03. The minimum atomic E-state index is -0.0891. The standard InChI is InChI=1S/C8H8Br2N2O/c9-2-4-12-8(13)6-1-3-11-5-7(6)10/h1,3,5H,2,4H2,(H,12,13). The van der Waals surface area contributed by atoms with Crippen molar-refractivity contribution in [1.29, 1.82) is 0 Å². The van der Waals surface area contributed by atoms with Crippen LogP contribution in [0.1, 0.15) is 10.4 Å². The van der Waals surface area contributed by atoms with Crippen LogP contribution in [0, 0.1) is 0 Å². The van der Waals surface area contributed by atoms with Gasteiger partial charge >= 0.3 is 0 Å². The van der Waals surface area contributed by atoms with E-state index in [4.69, 9.17) is 0 Å². The van der Waals surface area contributed by atoms with E-state index in [2.05, 4.69) is 42.2 Å². The minimum absolute atomic E-state index is 0.0891. The van der Waals surface area contributed by atoms with Crippen molar-refractivity contribution in [3.63, 3.8) is 0 Å². The zero-order valence-corrected chi connectivity index (χ0v) is 9.93. The average molecular weight is 308 g/mol. The summed E-state index contributed by atoms with van der Waals surface area (Å²) in [5.41, 5.74) is 0.607. The van der Waals surface area contributed by atoms with Gasteiger partial charge in [0.05, 0.1) is 5.56 Å². The molecule has 1 amide bonds. The Labute approximate surface area is 93.2 Å². The molecular weight excluding hydrogens is 300 g/mol. The van der Waals surface area contributed by atoms with Gasteiger partial charge in [-0.3, -0.25) is 9.78 Å². The Morgan fingerprint density at radius 3 is 3.00 bits per heavy atom. The van der Waals surface area contributed by atoms with E-state index < -0.39 is 0 Å². The number of aromatic nitrogens is 1. The van der Waals surface area contributed by atoms with Crippen molar-refractivity contribution in [1.82, 2.24) is 10.3 Å². The van der Waals surface area contributed by atoms with Crippen molar-refractivity contribution in [2.75, 3.05) is 11.9 Å². The summed E-state index contributed by atoms with van der Waals surface area (Å²) in [5.74, 6) is -0.0891. The Balaban J connectivity index is 2.71. The molecule has 1 heterocycles. The van der Waals surface area contributed by atoms with Crippen LogP contribution in [0.25, 0.3) is 0 Å². The monoisotopic (exact) mass is 306 g/mol. The average Bonchev–Trinajstić information content (AvgIpc) is 2.15. The molecule has 5 heteroatoms. The van der Waals surface area contributed by atoms with Crippen LogP contribution in [-0.4, -0.2) is 22.8 Å². The molecule has 3 nitrogen and oxygen atoms in total. The van der Waals surface area contributed by atoms with E-state index in [-0.39, 0.29) is 5.91 Å². The zero-order chi connectivity index (χ0) is 9.68. The van der Waals surface area contributed by atoms with E-state index in [1.807, 2.05) is 0 Å². The molecule has 0 atom stereocenters. The van der Waals surface area contributed by atoms with Crippen LogP contribution in [0.15, 0.2) is 22.9 Å². The van der Waals surface area contributed by atoms with Crippen LogP contribution >= 0.6 is 31.9 Å². The fourth-order valence-electron chi connectivity index (χ4n) is 0.815. The molecule has 13 heavy (non-hydrogen) atoms. The number of amides is 1. The molecule has 0 spiro atoms. The molecule has 0 saturated carbocycles. The molecule has 0 fully saturated rings. The van der Waals surface area contributed by atoms with E-state index in [0.29, 0.717) is 16.6 Å². The Morgan fingerprint density at radius 2 is 2.38 bits per heavy atom. The topological polar surface area (TPSA) is 42.0 Å². The van der Waals surface area contributed by atoms with Crippen molar-refractivity contribution in [3.8, 4) is 0 Å². The molecule has 0 aliphatic rings. The fourth-order valence-corrected chi connectivity index (χ4v) is 1.44. The summed E-state index contributed by atoms with van der Waals surface area (Å²) in [4.78, 5) is 15.3. The van der Waals surface area contributed by atoms with Crippen molar-refractivity contribution < 1.29 is 4.79 Å². The van der Waals surface area contributed by atoms with Gasteiger partial charge in [0.1, 0.15) is 0 Å². The normalized spacial score (nSPS) is 9.69. The first-order chi connectivity index (χ1) is 6.25. The number of alkyl halides is 1. The molecule has 0 saturated heterocycles. The summed E-state index contributed by atoms with van der Waals surface area (Å²) < 4.78 is 0.710. The highest BCUT2D eigenvalue weighted by molar-refractivity contribution is 9.10. The van der Waals surface area contributed by atoms with Gasteiger partial charge in [0, 0.05) is 28.7 Å². The molecule has 0 radical (unpaired) electrons. The highest BCUT2D eigenvalue weighted by Crippen LogP contribution is 2.13. The summed E-state index contributed by atoms with van der Waals surface area (Å²) in [7, 11) is 0. The third-order valence-electron chi connectivity index (χ3n) is 1.40. The summed E-state index contributed by atoms with van der Waals surface area (Å²) in [6.07, 6.45) is 3.19. The Bertz CT molecular complexity index is 304. The predicted molar refractivity (Wildman–Crippen MR) is 58.1 cm³/mol. The van der Waals surface area contributed by atoms with Gasteiger partial charge < -0.3 is 5.32 Å². The van der Waals surface area contributed by atoms with E-state index in [9.17, 15) is 4.79 Å². The van der Waals surface area contributed by atoms with Crippen LogP contribution in [0.5, 0.6) is 0 Å². The first-order valence-corrected chi connectivity index (χ1v) is 5.61. The molecule has 1 N–H and O–H groups in total. The number of hydrogen-bond acceptors (Lipinski definition) is 2. The number of carbonyl (C=O) groups excluding carboxylic acids is 1. The predicted octanol–water partition coefficient (Wildman–Crippen LogP) is 1.97. The van der Waals surface area contributed by atoms with Gasteiger partial charge in [0.25, 0.3) is 5.91 Å². The maximum absolute atomic E-state index is 11.4. The van der Waals surface area contributed by atoms with Gasteiger partial charge in [0.15, 0.2) is 0 Å². The molecule has 1 aromatic heterocycles. The highest BCUT2D eigenvalue weighted by atomic mass is 79.9. The Morgan fingerprint density at radius 1 is 1.62 bits per heavy atom. The van der Waals surface area contributed by atoms with Crippen molar-refractivity contribution in [2.45, 2.75) is 0 Å². The van der Waals surface area contributed by atoms with E-state index in [0.717, 1.165) is 5.33 Å². The molecule has 0 bridgehead atoms. The maximum Gasteiger partial charge on any atom is 0.252 e. The quantitative estimate of drug-likeness (QED) is 0.868. The Kier molecular flexibility index (Phi) is 4.38. The van der Waals surface area contributed by atoms with Crippen LogP contribution in [0.2, 0.25) is 0 Å². The van der Waals surface area contributed by atoms with Crippen LogP contribution in [0.4, 0.5) is 0 Å². The van der Waals surface area contributed by atoms with Gasteiger partial charge in [-0.25, -0.2) is 0 Å². The highest BCUT2D eigenvalue weighted by Gasteiger charge is 2.07. The summed E-state index contributed by atoms with van der Waals surface area (Å²) >= 11 is 6.48. The molecule has 0 aliphatic carbocycles. The molecule has 1 aromatic rings. The molecule has 1 rings (SSSR count). The number of halogens is 2. The lowest BCUT2D eigenvalue weighted by Crippen LogP contribution is -2.25. The summed E-state index contributed by atoms with van der Waals surface area (Å²) in [6, 6.07) is 1.67. The molecular formula is C8H8Br2N2O. The number of hydrogen-bond donors (Lipinski definition) is 1. The van der Waals surface area contributed by atoms with Gasteiger partial charge in [-0.1, -0.05) is 15.9 Å². The smallest absolute Gasteiger partial charge is 0.252 e. The van der Waals surface area contributed by atoms with E-state index >= 15 is 0 Å². The van der Waals surface area contributed by atoms with Gasteiger partial charge in [0.2, 0.25) is 0 Å². The second-order valence-electron chi connectivity index (χ2n) is 2.30. The van der Waals surface area contributed by atoms with E-state index in [1.54, 1.807) is 18.5 Å². The molecule has 0 aliphatic heterocycles. The Hall–Kier alpha value is -0.420. The van der Waals surface area contributed by atoms with Gasteiger partial charge in [-0.15, -0.1) is 0 Å². The lowest BCUT2D eigenvalue weighted by atomic mass is 10.2. The fraction of sp³-hybridized carbons (Fsp3) is 0.250. The number of nitrogens with one attached hydrogen (secondary N) is 1. The molecule has 70 valence electrons. The number of carbonyl (C=O) groups is 1. The second kappa shape index (κ2) is 5.34. The second-order valence-corrected chi connectivity index (χ2v) is 3.95. The summed E-state index contributed by atoms with van der Waals surface area (Å²) in [6.45, 7) is 0.619.